The Morgan fingerprint density at radius 3 is 2.68 bits per heavy atom. The van der Waals surface area contributed by atoms with Crippen LogP contribution in [0.15, 0.2) is 53.5 Å². The minimum atomic E-state index is -0.289. The minimum Gasteiger partial charge on any atom is -0.324 e. The maximum atomic E-state index is 12.6. The second-order valence-corrected chi connectivity index (χ2v) is 6.41. The Morgan fingerprint density at radius 1 is 1.16 bits per heavy atom. The molecule has 0 atom stereocenters. The molecule has 0 aliphatic carbocycles. The van der Waals surface area contributed by atoms with Gasteiger partial charge in [-0.3, -0.25) is 14.2 Å². The number of benzene rings is 2. The summed E-state index contributed by atoms with van der Waals surface area (Å²) in [5, 5.41) is 2.98. The summed E-state index contributed by atoms with van der Waals surface area (Å²) in [6.07, 6.45) is 1.25. The zero-order valence-corrected chi connectivity index (χ0v) is 14.6. The van der Waals surface area contributed by atoms with Crippen LogP contribution in [-0.4, -0.2) is 15.5 Å². The summed E-state index contributed by atoms with van der Waals surface area (Å²) in [6.45, 7) is 6.10. The molecule has 3 aromatic rings. The van der Waals surface area contributed by atoms with Gasteiger partial charge in [0.15, 0.2) is 0 Å². The average Bonchev–Trinajstić information content (AvgIpc) is 2.59. The average molecular weight is 335 g/mol. The van der Waals surface area contributed by atoms with Crippen LogP contribution in [0.3, 0.4) is 0 Å². The number of hydrogen-bond donors (Lipinski definition) is 1. The van der Waals surface area contributed by atoms with E-state index in [0.29, 0.717) is 17.0 Å². The van der Waals surface area contributed by atoms with Gasteiger partial charge in [-0.2, -0.15) is 0 Å². The second kappa shape index (κ2) is 6.89. The Kier molecular flexibility index (Phi) is 4.65. The maximum Gasteiger partial charge on any atom is 0.269 e. The lowest BCUT2D eigenvalue weighted by Gasteiger charge is -2.17. The van der Waals surface area contributed by atoms with E-state index in [1.54, 1.807) is 6.07 Å². The van der Waals surface area contributed by atoms with Gasteiger partial charge in [0.1, 0.15) is 6.54 Å². The molecule has 2 aromatic carbocycles. The lowest BCUT2D eigenvalue weighted by atomic mass is 9.98. The van der Waals surface area contributed by atoms with Crippen LogP contribution < -0.4 is 10.9 Å². The predicted octanol–water partition coefficient (Wildman–Crippen LogP) is 3.47. The van der Waals surface area contributed by atoms with Gasteiger partial charge < -0.3 is 5.32 Å². The fourth-order valence-electron chi connectivity index (χ4n) is 2.94. The van der Waals surface area contributed by atoms with Crippen LogP contribution in [0.25, 0.3) is 11.0 Å². The van der Waals surface area contributed by atoms with Crippen LogP contribution in [0.5, 0.6) is 0 Å². The Bertz CT molecular complexity index is 990. The van der Waals surface area contributed by atoms with Gasteiger partial charge in [0.2, 0.25) is 5.91 Å². The van der Waals surface area contributed by atoms with Gasteiger partial charge in [-0.05, 0) is 36.1 Å². The van der Waals surface area contributed by atoms with Gasteiger partial charge in [0.25, 0.3) is 5.56 Å². The fraction of sp³-hybridized carbons (Fsp3) is 0.250. The first kappa shape index (κ1) is 16.9. The van der Waals surface area contributed by atoms with Crippen molar-refractivity contribution in [2.45, 2.75) is 33.2 Å². The molecule has 0 spiro atoms. The normalized spacial score (nSPS) is 11.0. The molecular weight excluding hydrogens is 314 g/mol. The second-order valence-electron chi connectivity index (χ2n) is 6.41. The third kappa shape index (κ3) is 3.45. The molecule has 0 radical (unpaired) electrons. The summed E-state index contributed by atoms with van der Waals surface area (Å²) in [4.78, 5) is 28.9. The van der Waals surface area contributed by atoms with Gasteiger partial charge in [0.05, 0.1) is 17.2 Å². The molecule has 0 unspecified atom stereocenters. The summed E-state index contributed by atoms with van der Waals surface area (Å²) in [7, 11) is 0. The monoisotopic (exact) mass is 335 g/mol. The number of carbonyl (C=O) groups excluding carboxylic acids is 1. The fourth-order valence-corrected chi connectivity index (χ4v) is 2.94. The molecule has 1 N–H and O–H groups in total. The molecule has 0 saturated heterocycles. The van der Waals surface area contributed by atoms with Crippen molar-refractivity contribution >= 4 is 22.6 Å². The van der Waals surface area contributed by atoms with Crippen molar-refractivity contribution in [2.75, 3.05) is 5.32 Å². The zero-order chi connectivity index (χ0) is 18.0. The summed E-state index contributed by atoms with van der Waals surface area (Å²) in [6, 6.07) is 13.3. The number of aromatic nitrogens is 2. The first-order valence-electron chi connectivity index (χ1n) is 8.31. The molecule has 0 bridgehead atoms. The van der Waals surface area contributed by atoms with Gasteiger partial charge in [-0.1, -0.05) is 44.2 Å². The molecule has 0 saturated carbocycles. The van der Waals surface area contributed by atoms with Crippen LogP contribution >= 0.6 is 0 Å². The quantitative estimate of drug-likeness (QED) is 0.794. The summed E-state index contributed by atoms with van der Waals surface area (Å²) < 4.78 is 1.45. The Labute approximate surface area is 146 Å². The Hall–Kier alpha value is -2.95. The third-order valence-corrected chi connectivity index (χ3v) is 4.25. The van der Waals surface area contributed by atoms with Gasteiger partial charge >= 0.3 is 0 Å². The molecule has 0 fully saturated rings. The molecule has 3 rings (SSSR count). The number of amides is 1. The first-order valence-corrected chi connectivity index (χ1v) is 8.31. The third-order valence-electron chi connectivity index (χ3n) is 4.25. The SMILES string of the molecule is Cc1cccc(C(C)C)c1NC(=O)Cn1c(=O)cnc2ccccc21. The Balaban J connectivity index is 1.93. The van der Waals surface area contributed by atoms with Crippen molar-refractivity contribution in [3.05, 3.63) is 70.1 Å². The molecule has 25 heavy (non-hydrogen) atoms. The molecule has 0 aliphatic rings. The lowest BCUT2D eigenvalue weighted by Crippen LogP contribution is -2.28. The van der Waals surface area contributed by atoms with E-state index in [-0.39, 0.29) is 18.0 Å². The standard InChI is InChI=1S/C20H21N3O2/c1-13(2)15-8-6-7-14(3)20(15)22-18(24)12-23-17-10-5-4-9-16(17)21-11-19(23)25/h4-11,13H,12H2,1-3H3,(H,22,24). The van der Waals surface area contributed by atoms with Crippen molar-refractivity contribution in [3.8, 4) is 0 Å². The summed E-state index contributed by atoms with van der Waals surface area (Å²) >= 11 is 0. The van der Waals surface area contributed by atoms with E-state index in [9.17, 15) is 9.59 Å². The van der Waals surface area contributed by atoms with Gasteiger partial charge in [0, 0.05) is 5.69 Å². The number of anilines is 1. The summed E-state index contributed by atoms with van der Waals surface area (Å²) in [5.74, 6) is 0.0642. The van der Waals surface area contributed by atoms with Crippen LogP contribution in [0.1, 0.15) is 30.9 Å². The number of carbonyl (C=O) groups is 1. The molecule has 128 valence electrons. The van der Waals surface area contributed by atoms with Crippen LogP contribution in [0.2, 0.25) is 0 Å². The van der Waals surface area contributed by atoms with E-state index in [4.69, 9.17) is 0 Å². The molecule has 1 heterocycles. The van der Waals surface area contributed by atoms with Crippen LogP contribution in [0, 0.1) is 6.92 Å². The highest BCUT2D eigenvalue weighted by Crippen LogP contribution is 2.27. The van der Waals surface area contributed by atoms with Crippen molar-refractivity contribution < 1.29 is 4.79 Å². The first-order chi connectivity index (χ1) is 12.0. The highest BCUT2D eigenvalue weighted by atomic mass is 16.2. The number of nitrogens with one attached hydrogen (secondary N) is 1. The molecule has 0 aliphatic heterocycles. The highest BCUT2D eigenvalue weighted by Gasteiger charge is 2.14. The summed E-state index contributed by atoms with van der Waals surface area (Å²) in [5.41, 5.74) is 3.97. The minimum absolute atomic E-state index is 0.0479. The van der Waals surface area contributed by atoms with E-state index in [2.05, 4.69) is 24.1 Å². The van der Waals surface area contributed by atoms with Crippen LogP contribution in [0.4, 0.5) is 5.69 Å². The van der Waals surface area contributed by atoms with E-state index < -0.39 is 0 Å². The molecule has 5 nitrogen and oxygen atoms in total. The van der Waals surface area contributed by atoms with Gasteiger partial charge in [-0.25, -0.2) is 4.98 Å². The largest absolute Gasteiger partial charge is 0.324 e. The number of fused-ring (bicyclic) bond motifs is 1. The highest BCUT2D eigenvalue weighted by molar-refractivity contribution is 5.93. The zero-order valence-electron chi connectivity index (χ0n) is 14.6. The van der Waals surface area contributed by atoms with E-state index in [0.717, 1.165) is 16.8 Å². The van der Waals surface area contributed by atoms with Crippen LogP contribution in [-0.2, 0) is 11.3 Å². The smallest absolute Gasteiger partial charge is 0.269 e. The van der Waals surface area contributed by atoms with Crippen molar-refractivity contribution in [1.29, 1.82) is 0 Å². The van der Waals surface area contributed by atoms with E-state index >= 15 is 0 Å². The number of nitrogens with zero attached hydrogens (tertiary/aromatic N) is 2. The van der Waals surface area contributed by atoms with Gasteiger partial charge in [-0.15, -0.1) is 0 Å². The lowest BCUT2D eigenvalue weighted by molar-refractivity contribution is -0.116. The maximum absolute atomic E-state index is 12.6. The predicted molar refractivity (Wildman–Crippen MR) is 99.9 cm³/mol. The van der Waals surface area contributed by atoms with Crippen molar-refractivity contribution in [2.24, 2.45) is 0 Å². The molecule has 1 aromatic heterocycles. The number of rotatable bonds is 4. The Morgan fingerprint density at radius 2 is 1.92 bits per heavy atom. The molecule has 5 heteroatoms. The topological polar surface area (TPSA) is 64.0 Å². The van der Waals surface area contributed by atoms with Crippen molar-refractivity contribution in [1.82, 2.24) is 9.55 Å². The molecule has 1 amide bonds. The number of hydrogen-bond acceptors (Lipinski definition) is 3. The molecular formula is C20H21N3O2. The number of para-hydroxylation sites is 3. The van der Waals surface area contributed by atoms with E-state index in [1.807, 2.05) is 43.3 Å². The van der Waals surface area contributed by atoms with E-state index in [1.165, 1.54) is 10.8 Å². The van der Waals surface area contributed by atoms with Crippen molar-refractivity contribution in [3.63, 3.8) is 0 Å². The number of aryl methyl sites for hydroxylation is 1.